The molecule has 23 heavy (non-hydrogen) atoms. The summed E-state index contributed by atoms with van der Waals surface area (Å²) in [6.07, 6.45) is -0.540. The van der Waals surface area contributed by atoms with E-state index in [1.54, 1.807) is 0 Å². The number of hydrogen-bond donors (Lipinski definition) is 2. The summed E-state index contributed by atoms with van der Waals surface area (Å²) in [5.41, 5.74) is 1.79. The molecule has 0 aromatic heterocycles. The summed E-state index contributed by atoms with van der Waals surface area (Å²) in [6, 6.07) is 8.75. The number of rotatable bonds is 4. The summed E-state index contributed by atoms with van der Waals surface area (Å²) in [5, 5.41) is 4.71. The first-order chi connectivity index (χ1) is 10.9. The van der Waals surface area contributed by atoms with Crippen LogP contribution in [-0.4, -0.2) is 11.8 Å². The first kappa shape index (κ1) is 16.6. The number of aryl methyl sites for hydroxylation is 2. The minimum absolute atomic E-state index is 0.540. The molecule has 0 saturated carbocycles. The molecule has 0 bridgehead atoms. The molecule has 0 unspecified atom stereocenters. The van der Waals surface area contributed by atoms with E-state index in [2.05, 4.69) is 10.6 Å². The Morgan fingerprint density at radius 2 is 1.26 bits per heavy atom. The first-order valence-electron chi connectivity index (χ1n) is 6.98. The molecule has 0 heterocycles. The van der Waals surface area contributed by atoms with Gasteiger partial charge in [0.1, 0.15) is 23.7 Å². The van der Waals surface area contributed by atoms with Crippen molar-refractivity contribution in [1.82, 2.24) is 0 Å². The molecule has 0 aliphatic carbocycles. The van der Waals surface area contributed by atoms with Gasteiger partial charge in [-0.3, -0.25) is 9.59 Å². The fraction of sp³-hybridized carbons (Fsp3) is 0.176. The molecule has 2 aromatic rings. The van der Waals surface area contributed by atoms with Crippen molar-refractivity contribution in [2.75, 3.05) is 10.6 Å². The van der Waals surface area contributed by atoms with Crippen molar-refractivity contribution < 1.29 is 18.4 Å². The van der Waals surface area contributed by atoms with Crippen molar-refractivity contribution in [2.45, 2.75) is 20.3 Å². The molecule has 2 rings (SSSR count). The van der Waals surface area contributed by atoms with Crippen LogP contribution in [0.2, 0.25) is 0 Å². The van der Waals surface area contributed by atoms with E-state index in [1.165, 1.54) is 6.07 Å². The van der Waals surface area contributed by atoms with Crippen molar-refractivity contribution in [3.63, 3.8) is 0 Å². The molecule has 2 aromatic carbocycles. The second kappa shape index (κ2) is 7.00. The van der Waals surface area contributed by atoms with Crippen LogP contribution in [0.4, 0.5) is 20.2 Å². The number of carbonyl (C=O) groups excluding carboxylic acids is 2. The topological polar surface area (TPSA) is 58.2 Å². The Bertz CT molecular complexity index is 656. The average Bonchev–Trinajstić information content (AvgIpc) is 2.47. The van der Waals surface area contributed by atoms with Crippen LogP contribution in [0.15, 0.2) is 36.4 Å². The lowest BCUT2D eigenvalue weighted by molar-refractivity contribution is -0.123. The van der Waals surface area contributed by atoms with Crippen molar-refractivity contribution in [3.05, 3.63) is 59.2 Å². The van der Waals surface area contributed by atoms with Gasteiger partial charge >= 0.3 is 0 Å². The highest BCUT2D eigenvalue weighted by atomic mass is 19.1. The highest BCUT2D eigenvalue weighted by Gasteiger charge is 2.15. The molecule has 0 radical (unpaired) electrons. The van der Waals surface area contributed by atoms with Crippen LogP contribution in [0.25, 0.3) is 0 Å². The van der Waals surface area contributed by atoms with Crippen molar-refractivity contribution >= 4 is 23.2 Å². The fourth-order valence-electron chi connectivity index (χ4n) is 2.14. The number of nitrogens with one attached hydrogen (secondary N) is 2. The first-order valence-corrected chi connectivity index (χ1v) is 6.98. The number of benzene rings is 2. The van der Waals surface area contributed by atoms with E-state index in [9.17, 15) is 18.4 Å². The predicted octanol–water partition coefficient (Wildman–Crippen LogP) is 3.55. The lowest BCUT2D eigenvalue weighted by Gasteiger charge is -2.12. The summed E-state index contributed by atoms with van der Waals surface area (Å²) in [7, 11) is 0. The summed E-state index contributed by atoms with van der Waals surface area (Å²) in [6.45, 7) is 3.66. The molecule has 2 N–H and O–H groups in total. The summed E-state index contributed by atoms with van der Waals surface area (Å²) >= 11 is 0. The van der Waals surface area contributed by atoms with E-state index in [4.69, 9.17) is 0 Å². The molecule has 0 aliphatic heterocycles. The Kier molecular flexibility index (Phi) is 5.05. The van der Waals surface area contributed by atoms with E-state index in [0.717, 1.165) is 23.3 Å². The van der Waals surface area contributed by atoms with E-state index >= 15 is 0 Å². The normalized spacial score (nSPS) is 10.3. The van der Waals surface area contributed by atoms with Gasteiger partial charge in [0.25, 0.3) is 0 Å². The minimum atomic E-state index is -0.895. The highest BCUT2D eigenvalue weighted by Crippen LogP contribution is 2.20. The number of anilines is 2. The molecular formula is C17H16F2N2O2. The van der Waals surface area contributed by atoms with Gasteiger partial charge in [0.05, 0.1) is 0 Å². The zero-order valence-corrected chi connectivity index (χ0v) is 12.7. The third-order valence-corrected chi connectivity index (χ3v) is 3.29. The van der Waals surface area contributed by atoms with Crippen LogP contribution >= 0.6 is 0 Å². The van der Waals surface area contributed by atoms with Gasteiger partial charge in [-0.05, 0) is 37.1 Å². The maximum Gasteiger partial charge on any atom is 0.233 e. The van der Waals surface area contributed by atoms with E-state index in [0.29, 0.717) is 5.69 Å². The quantitative estimate of drug-likeness (QED) is 0.847. The Hall–Kier alpha value is -2.76. The largest absolute Gasteiger partial charge is 0.325 e. The van der Waals surface area contributed by atoms with E-state index in [-0.39, 0.29) is 0 Å². The fourth-order valence-corrected chi connectivity index (χ4v) is 2.14. The van der Waals surface area contributed by atoms with Crippen LogP contribution in [0.1, 0.15) is 17.5 Å². The third-order valence-electron chi connectivity index (χ3n) is 3.29. The van der Waals surface area contributed by atoms with Gasteiger partial charge in [-0.15, -0.1) is 0 Å². The van der Waals surface area contributed by atoms with Crippen molar-refractivity contribution in [2.24, 2.45) is 0 Å². The number of halogens is 2. The second-order valence-corrected chi connectivity index (χ2v) is 5.14. The molecule has 6 heteroatoms. The molecule has 0 atom stereocenters. The smallest absolute Gasteiger partial charge is 0.233 e. The average molecular weight is 318 g/mol. The standard InChI is InChI=1S/C17H16F2N2O2/c1-10-5-3-6-11(2)16(10)20-14(22)9-15(23)21-17-12(18)7-4-8-13(17)19/h3-8H,9H2,1-2H3,(H,20,22)(H,21,23). The Morgan fingerprint density at radius 3 is 1.78 bits per heavy atom. The van der Waals surface area contributed by atoms with Gasteiger partial charge < -0.3 is 10.6 Å². The van der Waals surface area contributed by atoms with E-state index < -0.39 is 35.6 Å². The van der Waals surface area contributed by atoms with Crippen LogP contribution in [-0.2, 0) is 9.59 Å². The number of amides is 2. The van der Waals surface area contributed by atoms with E-state index in [1.807, 2.05) is 32.0 Å². The van der Waals surface area contributed by atoms with Gasteiger partial charge in [-0.1, -0.05) is 24.3 Å². The summed E-state index contributed by atoms with van der Waals surface area (Å²) in [5.74, 6) is -3.14. The number of hydrogen-bond acceptors (Lipinski definition) is 2. The molecule has 120 valence electrons. The molecular weight excluding hydrogens is 302 g/mol. The molecule has 2 amide bonds. The highest BCUT2D eigenvalue weighted by molar-refractivity contribution is 6.08. The third kappa shape index (κ3) is 4.12. The SMILES string of the molecule is Cc1cccc(C)c1NC(=O)CC(=O)Nc1c(F)cccc1F. The zero-order chi connectivity index (χ0) is 17.0. The monoisotopic (exact) mass is 318 g/mol. The zero-order valence-electron chi connectivity index (χ0n) is 12.7. The van der Waals surface area contributed by atoms with Crippen molar-refractivity contribution in [3.8, 4) is 0 Å². The van der Waals surface area contributed by atoms with Crippen LogP contribution in [0.3, 0.4) is 0 Å². The van der Waals surface area contributed by atoms with Gasteiger partial charge in [0, 0.05) is 5.69 Å². The molecule has 0 fully saturated rings. The molecule has 0 spiro atoms. The lowest BCUT2D eigenvalue weighted by atomic mass is 10.1. The Morgan fingerprint density at radius 1 is 0.826 bits per heavy atom. The lowest BCUT2D eigenvalue weighted by Crippen LogP contribution is -2.23. The second-order valence-electron chi connectivity index (χ2n) is 5.14. The van der Waals surface area contributed by atoms with Crippen molar-refractivity contribution in [1.29, 1.82) is 0 Å². The number of para-hydroxylation sites is 2. The van der Waals surface area contributed by atoms with Crippen LogP contribution in [0, 0.1) is 25.5 Å². The van der Waals surface area contributed by atoms with Gasteiger partial charge in [-0.2, -0.15) is 0 Å². The van der Waals surface area contributed by atoms with Crippen LogP contribution in [0.5, 0.6) is 0 Å². The Labute approximate surface area is 132 Å². The van der Waals surface area contributed by atoms with Crippen LogP contribution < -0.4 is 10.6 Å². The molecule has 0 aliphatic rings. The Balaban J connectivity index is 2.02. The predicted molar refractivity (Wildman–Crippen MR) is 84.2 cm³/mol. The van der Waals surface area contributed by atoms with Gasteiger partial charge in [0.2, 0.25) is 11.8 Å². The minimum Gasteiger partial charge on any atom is -0.325 e. The molecule has 4 nitrogen and oxygen atoms in total. The summed E-state index contributed by atoms with van der Waals surface area (Å²) < 4.78 is 26.9. The number of carbonyl (C=O) groups is 2. The van der Waals surface area contributed by atoms with Gasteiger partial charge in [0.15, 0.2) is 0 Å². The van der Waals surface area contributed by atoms with Gasteiger partial charge in [-0.25, -0.2) is 8.78 Å². The maximum atomic E-state index is 13.4. The summed E-state index contributed by atoms with van der Waals surface area (Å²) in [4.78, 5) is 23.7. The molecule has 0 saturated heterocycles. The maximum absolute atomic E-state index is 13.4.